The van der Waals surface area contributed by atoms with Crippen LogP contribution in [0.5, 0.6) is 0 Å². The van der Waals surface area contributed by atoms with Crippen molar-refractivity contribution < 1.29 is 21.1 Å². The first-order valence-electron chi connectivity index (χ1n) is 21.8. The SMILES string of the molecule is Cc1cc(C)c(-c2c(C(C)(C)C)nn(-c3[c-]c4c(cc3)C(C)(C)c3ccccc3N4c3[c-]c4c(cc3)c3ccccc3n4-c3cc(C(C)(C)C)ccn3)c2C(C)(C)C)c(C)c1.[Pt+2]. The number of anilines is 3. The zero-order chi connectivity index (χ0) is 43.6. The first kappa shape index (κ1) is 43.4. The van der Waals surface area contributed by atoms with Crippen LogP contribution in [0.2, 0.25) is 0 Å². The summed E-state index contributed by atoms with van der Waals surface area (Å²) in [6.07, 6.45) is 1.94. The standard InChI is InChI=1S/C56H59N5.Pt/c1-34-29-35(2)49(36(3)30-34)50-51(54(7,8)9)58-61(52(50)55(10,11)12)39-24-26-43-47(33-39)59(45-22-18-16-20-42(45)56(43,13)14)38-23-25-41-40-19-15-17-21-44(40)60(46(41)32-38)48-31-37(27-28-57-48)53(4,5)6;/h15-31H,1-14H3;/q-2;+2. The fraction of sp³-hybridized carbons (Fsp3) is 0.321. The molecule has 318 valence electrons. The Hall–Kier alpha value is -5.25. The van der Waals surface area contributed by atoms with Crippen molar-refractivity contribution >= 4 is 38.9 Å². The van der Waals surface area contributed by atoms with Crippen LogP contribution in [0.4, 0.5) is 17.1 Å². The molecule has 0 atom stereocenters. The molecule has 0 spiro atoms. The smallest absolute Gasteiger partial charge is 0.358 e. The number of aryl methyl sites for hydroxylation is 3. The molecule has 5 nitrogen and oxygen atoms in total. The summed E-state index contributed by atoms with van der Waals surface area (Å²) in [6.45, 7) is 31.9. The van der Waals surface area contributed by atoms with E-state index in [1.807, 2.05) is 6.20 Å². The van der Waals surface area contributed by atoms with Crippen LogP contribution in [0.25, 0.3) is 44.4 Å². The summed E-state index contributed by atoms with van der Waals surface area (Å²) in [5, 5.41) is 7.93. The number of aromatic nitrogens is 4. The van der Waals surface area contributed by atoms with E-state index in [0.717, 1.165) is 50.7 Å². The minimum Gasteiger partial charge on any atom is -0.358 e. The fourth-order valence-electron chi connectivity index (χ4n) is 9.87. The van der Waals surface area contributed by atoms with Gasteiger partial charge in [-0.1, -0.05) is 147 Å². The first-order chi connectivity index (χ1) is 28.7. The van der Waals surface area contributed by atoms with E-state index in [-0.39, 0.29) is 42.7 Å². The molecule has 0 saturated heterocycles. The molecule has 1 aliphatic heterocycles. The average molecular weight is 997 g/mol. The number of hydrogen-bond acceptors (Lipinski definition) is 3. The van der Waals surface area contributed by atoms with Gasteiger partial charge in [0.05, 0.1) is 11.4 Å². The molecule has 1 aliphatic rings. The summed E-state index contributed by atoms with van der Waals surface area (Å²) < 4.78 is 4.49. The van der Waals surface area contributed by atoms with Crippen molar-refractivity contribution in [2.45, 2.75) is 119 Å². The zero-order valence-corrected chi connectivity index (χ0v) is 41.1. The molecule has 9 rings (SSSR count). The van der Waals surface area contributed by atoms with Gasteiger partial charge in [0.2, 0.25) is 0 Å². The van der Waals surface area contributed by atoms with Crippen LogP contribution in [0.15, 0.2) is 103 Å². The van der Waals surface area contributed by atoms with E-state index in [9.17, 15) is 0 Å². The zero-order valence-electron chi connectivity index (χ0n) is 38.9. The quantitative estimate of drug-likeness (QED) is 0.165. The molecule has 5 aromatic carbocycles. The van der Waals surface area contributed by atoms with E-state index in [4.69, 9.17) is 10.1 Å². The molecule has 6 heteroatoms. The molecule has 0 bridgehead atoms. The first-order valence-corrected chi connectivity index (χ1v) is 21.8. The molecule has 8 aromatic rings. The summed E-state index contributed by atoms with van der Waals surface area (Å²) in [5.41, 5.74) is 17.6. The van der Waals surface area contributed by atoms with E-state index in [1.165, 1.54) is 55.6 Å². The summed E-state index contributed by atoms with van der Waals surface area (Å²) in [4.78, 5) is 7.35. The van der Waals surface area contributed by atoms with Gasteiger partial charge in [0, 0.05) is 33.8 Å². The predicted molar refractivity (Wildman–Crippen MR) is 256 cm³/mol. The van der Waals surface area contributed by atoms with Crippen molar-refractivity contribution in [2.75, 3.05) is 4.90 Å². The Morgan fingerprint density at radius 1 is 0.613 bits per heavy atom. The van der Waals surface area contributed by atoms with Crippen molar-refractivity contribution in [3.63, 3.8) is 0 Å². The second kappa shape index (κ2) is 14.9. The molecule has 0 saturated carbocycles. The van der Waals surface area contributed by atoms with Crippen LogP contribution in [0.1, 0.15) is 121 Å². The minimum absolute atomic E-state index is 0. The summed E-state index contributed by atoms with van der Waals surface area (Å²) >= 11 is 0. The van der Waals surface area contributed by atoms with E-state index in [2.05, 4.69) is 220 Å². The van der Waals surface area contributed by atoms with Crippen LogP contribution < -0.4 is 4.90 Å². The molecule has 4 heterocycles. The fourth-order valence-corrected chi connectivity index (χ4v) is 9.87. The van der Waals surface area contributed by atoms with Gasteiger partial charge in [-0.15, -0.1) is 35.2 Å². The summed E-state index contributed by atoms with van der Waals surface area (Å²) in [7, 11) is 0. The van der Waals surface area contributed by atoms with Crippen molar-refractivity contribution in [1.82, 2.24) is 19.3 Å². The number of pyridine rings is 1. The monoisotopic (exact) mass is 996 g/mol. The van der Waals surface area contributed by atoms with Crippen molar-refractivity contribution in [1.29, 1.82) is 0 Å². The van der Waals surface area contributed by atoms with Crippen molar-refractivity contribution in [3.8, 4) is 22.6 Å². The second-order valence-electron chi connectivity index (χ2n) is 21.0. The van der Waals surface area contributed by atoms with Crippen molar-refractivity contribution in [2.24, 2.45) is 0 Å². The number of benzene rings is 5. The molecule has 0 N–H and O–H groups in total. The predicted octanol–water partition coefficient (Wildman–Crippen LogP) is 14.6. The maximum absolute atomic E-state index is 5.61. The molecule has 3 aromatic heterocycles. The maximum Gasteiger partial charge on any atom is 2.00 e. The Morgan fingerprint density at radius 2 is 1.27 bits per heavy atom. The Bertz CT molecular complexity index is 3020. The number of hydrogen-bond donors (Lipinski definition) is 0. The van der Waals surface area contributed by atoms with Crippen LogP contribution >= 0.6 is 0 Å². The van der Waals surface area contributed by atoms with Gasteiger partial charge in [0.25, 0.3) is 0 Å². The Balaban J connectivity index is 0.00000529. The summed E-state index contributed by atoms with van der Waals surface area (Å²) in [6, 6.07) is 43.5. The second-order valence-corrected chi connectivity index (χ2v) is 21.0. The minimum atomic E-state index is -0.289. The van der Waals surface area contributed by atoms with E-state index in [1.54, 1.807) is 0 Å². The van der Waals surface area contributed by atoms with Gasteiger partial charge < -0.3 is 9.47 Å². The molecule has 0 fully saturated rings. The Kier molecular flexibility index (Phi) is 10.5. The third-order valence-corrected chi connectivity index (χ3v) is 12.7. The maximum atomic E-state index is 5.61. The number of para-hydroxylation sites is 2. The molecule has 62 heavy (non-hydrogen) atoms. The molecule has 0 aliphatic carbocycles. The topological polar surface area (TPSA) is 38.9 Å². The number of fused-ring (bicyclic) bond motifs is 5. The molecule has 0 radical (unpaired) electrons. The van der Waals surface area contributed by atoms with Gasteiger partial charge in [-0.05, 0) is 94.8 Å². The van der Waals surface area contributed by atoms with Crippen LogP contribution in [-0.2, 0) is 42.7 Å². The average Bonchev–Trinajstić information content (AvgIpc) is 3.75. The van der Waals surface area contributed by atoms with Crippen LogP contribution in [0.3, 0.4) is 0 Å². The van der Waals surface area contributed by atoms with Gasteiger partial charge in [-0.3, -0.25) is 4.68 Å². The summed E-state index contributed by atoms with van der Waals surface area (Å²) in [5.74, 6) is 0.888. The largest absolute Gasteiger partial charge is 2.00 e. The molecular weight excluding hydrogens is 938 g/mol. The van der Waals surface area contributed by atoms with Gasteiger partial charge in [0.1, 0.15) is 5.82 Å². The van der Waals surface area contributed by atoms with Gasteiger partial charge in [-0.2, -0.15) is 17.2 Å². The normalized spacial score (nSPS) is 13.9. The third kappa shape index (κ3) is 6.96. The van der Waals surface area contributed by atoms with Gasteiger partial charge >= 0.3 is 21.1 Å². The van der Waals surface area contributed by atoms with E-state index in [0.29, 0.717) is 0 Å². The Morgan fingerprint density at radius 3 is 1.95 bits per heavy atom. The number of rotatable bonds is 4. The van der Waals surface area contributed by atoms with Crippen LogP contribution in [0, 0.1) is 32.9 Å². The van der Waals surface area contributed by atoms with Gasteiger partial charge in [0.15, 0.2) is 0 Å². The van der Waals surface area contributed by atoms with Crippen LogP contribution in [-0.4, -0.2) is 19.3 Å². The van der Waals surface area contributed by atoms with E-state index < -0.39 is 0 Å². The van der Waals surface area contributed by atoms with Gasteiger partial charge in [-0.25, -0.2) is 4.98 Å². The Labute approximate surface area is 383 Å². The molecular formula is C56H59N5Pt. The van der Waals surface area contributed by atoms with E-state index >= 15 is 0 Å². The number of nitrogens with zero attached hydrogens (tertiary/aromatic N) is 5. The van der Waals surface area contributed by atoms with Crippen molar-refractivity contribution in [3.05, 3.63) is 160 Å². The molecule has 0 unspecified atom stereocenters. The molecule has 0 amide bonds. The third-order valence-electron chi connectivity index (χ3n) is 12.7.